The Hall–Kier alpha value is -3.05. The molecule has 5 nitrogen and oxygen atoms in total. The Labute approximate surface area is 177 Å². The molecule has 5 heteroatoms. The summed E-state index contributed by atoms with van der Waals surface area (Å²) in [6.45, 7) is 4.58. The van der Waals surface area contributed by atoms with E-state index in [1.807, 2.05) is 29.2 Å². The van der Waals surface area contributed by atoms with Crippen LogP contribution in [0.2, 0.25) is 0 Å². The molecule has 0 aromatic heterocycles. The summed E-state index contributed by atoms with van der Waals surface area (Å²) >= 11 is 0. The van der Waals surface area contributed by atoms with Crippen LogP contribution in [0.1, 0.15) is 12.0 Å². The molecule has 0 atom stereocenters. The van der Waals surface area contributed by atoms with Crippen molar-refractivity contribution in [3.8, 4) is 11.5 Å². The lowest BCUT2D eigenvalue weighted by atomic mass is 10.0. The van der Waals surface area contributed by atoms with E-state index >= 15 is 0 Å². The number of nitrogens with zero attached hydrogens (tertiary/aromatic N) is 2. The molecule has 1 aliphatic rings. The second-order valence-electron chi connectivity index (χ2n) is 7.54. The van der Waals surface area contributed by atoms with Crippen molar-refractivity contribution in [3.63, 3.8) is 0 Å². The van der Waals surface area contributed by atoms with Gasteiger partial charge in [-0.3, -0.25) is 9.69 Å². The van der Waals surface area contributed by atoms with E-state index in [1.165, 1.54) is 16.3 Å². The summed E-state index contributed by atoms with van der Waals surface area (Å²) in [6.07, 6.45) is 0.376. The van der Waals surface area contributed by atoms with Gasteiger partial charge in [0.15, 0.2) is 11.5 Å². The van der Waals surface area contributed by atoms with Crippen LogP contribution in [-0.4, -0.2) is 55.6 Å². The Morgan fingerprint density at radius 2 is 1.57 bits per heavy atom. The molecule has 1 amide bonds. The van der Waals surface area contributed by atoms with E-state index in [-0.39, 0.29) is 5.91 Å². The fourth-order valence-electron chi connectivity index (χ4n) is 3.97. The summed E-state index contributed by atoms with van der Waals surface area (Å²) in [5.74, 6) is 1.51. The van der Waals surface area contributed by atoms with Crippen molar-refractivity contribution in [1.29, 1.82) is 0 Å². The summed E-state index contributed by atoms with van der Waals surface area (Å²) in [7, 11) is 1.62. The number of amides is 1. The van der Waals surface area contributed by atoms with E-state index in [1.54, 1.807) is 7.11 Å². The molecule has 0 N–H and O–H groups in total. The number of piperazine rings is 1. The molecular weight excluding hydrogens is 376 g/mol. The third-order valence-electron chi connectivity index (χ3n) is 5.64. The van der Waals surface area contributed by atoms with Gasteiger partial charge in [-0.1, -0.05) is 54.6 Å². The van der Waals surface area contributed by atoms with Crippen molar-refractivity contribution in [3.05, 3.63) is 72.3 Å². The number of benzene rings is 3. The molecule has 0 radical (unpaired) electrons. The van der Waals surface area contributed by atoms with Crippen LogP contribution in [-0.2, 0) is 11.3 Å². The lowest BCUT2D eigenvalue weighted by molar-refractivity contribution is -0.133. The molecule has 3 aromatic rings. The topological polar surface area (TPSA) is 42.0 Å². The number of ether oxygens (including phenoxy) is 2. The molecule has 0 unspecified atom stereocenters. The van der Waals surface area contributed by atoms with E-state index in [0.29, 0.717) is 24.5 Å². The average molecular weight is 405 g/mol. The van der Waals surface area contributed by atoms with Gasteiger partial charge in [0.25, 0.3) is 0 Å². The summed E-state index contributed by atoms with van der Waals surface area (Å²) in [6, 6.07) is 22.5. The number of fused-ring (bicyclic) bond motifs is 1. The maximum Gasteiger partial charge on any atom is 0.226 e. The minimum atomic E-state index is 0.148. The second kappa shape index (κ2) is 9.63. The molecule has 1 aliphatic heterocycles. The molecule has 0 bridgehead atoms. The zero-order valence-corrected chi connectivity index (χ0v) is 17.4. The van der Waals surface area contributed by atoms with Crippen LogP contribution >= 0.6 is 0 Å². The van der Waals surface area contributed by atoms with E-state index in [0.717, 1.165) is 32.7 Å². The van der Waals surface area contributed by atoms with Crippen molar-refractivity contribution in [1.82, 2.24) is 9.80 Å². The Bertz CT molecular complexity index is 991. The molecule has 4 rings (SSSR count). The van der Waals surface area contributed by atoms with Gasteiger partial charge < -0.3 is 14.4 Å². The molecule has 156 valence electrons. The van der Waals surface area contributed by atoms with E-state index in [4.69, 9.17) is 9.47 Å². The molecule has 1 saturated heterocycles. The van der Waals surface area contributed by atoms with Gasteiger partial charge in [-0.25, -0.2) is 0 Å². The van der Waals surface area contributed by atoms with Crippen LogP contribution in [0.3, 0.4) is 0 Å². The van der Waals surface area contributed by atoms with Gasteiger partial charge >= 0.3 is 0 Å². The Balaban J connectivity index is 1.25. The van der Waals surface area contributed by atoms with Gasteiger partial charge in [-0.15, -0.1) is 0 Å². The molecule has 1 heterocycles. The monoisotopic (exact) mass is 404 g/mol. The predicted octanol–water partition coefficient (Wildman–Crippen LogP) is 3.96. The maximum atomic E-state index is 12.6. The van der Waals surface area contributed by atoms with E-state index < -0.39 is 0 Å². The third-order valence-corrected chi connectivity index (χ3v) is 5.64. The lowest BCUT2D eigenvalue weighted by Crippen LogP contribution is -2.48. The highest BCUT2D eigenvalue weighted by atomic mass is 16.5. The Morgan fingerprint density at radius 3 is 2.37 bits per heavy atom. The average Bonchev–Trinajstić information content (AvgIpc) is 2.80. The minimum absolute atomic E-state index is 0.148. The molecular formula is C25H28N2O3. The van der Waals surface area contributed by atoms with Gasteiger partial charge in [0.2, 0.25) is 5.91 Å². The van der Waals surface area contributed by atoms with Crippen LogP contribution < -0.4 is 9.47 Å². The number of methoxy groups -OCH3 is 1. The quantitative estimate of drug-likeness (QED) is 0.598. The number of hydrogen-bond acceptors (Lipinski definition) is 4. The first-order chi connectivity index (χ1) is 14.7. The highest BCUT2D eigenvalue weighted by Crippen LogP contribution is 2.26. The standard InChI is InChI=1S/C25H28N2O3/c1-29-23-11-4-5-12-24(23)30-18-13-25(28)27-16-14-26(15-17-27)19-21-9-6-8-20-7-2-3-10-22(20)21/h2-12H,13-19H2,1H3. The van der Waals surface area contributed by atoms with Gasteiger partial charge in [-0.05, 0) is 28.5 Å². The van der Waals surface area contributed by atoms with Crippen LogP contribution in [0.25, 0.3) is 10.8 Å². The van der Waals surface area contributed by atoms with Gasteiger partial charge in [0, 0.05) is 32.7 Å². The zero-order chi connectivity index (χ0) is 20.8. The molecule has 0 saturated carbocycles. The molecule has 1 fully saturated rings. The van der Waals surface area contributed by atoms with Crippen LogP contribution in [0, 0.1) is 0 Å². The molecule has 0 spiro atoms. The largest absolute Gasteiger partial charge is 0.493 e. The number of rotatable bonds is 7. The van der Waals surface area contributed by atoms with Crippen molar-refractivity contribution in [2.45, 2.75) is 13.0 Å². The van der Waals surface area contributed by atoms with Crippen molar-refractivity contribution in [2.75, 3.05) is 39.9 Å². The van der Waals surface area contributed by atoms with Crippen LogP contribution in [0.5, 0.6) is 11.5 Å². The Kier molecular flexibility index (Phi) is 6.50. The lowest BCUT2D eigenvalue weighted by Gasteiger charge is -2.35. The van der Waals surface area contributed by atoms with E-state index in [2.05, 4.69) is 47.4 Å². The first-order valence-electron chi connectivity index (χ1n) is 10.5. The number of carbonyl (C=O) groups excluding carboxylic acids is 1. The van der Waals surface area contributed by atoms with E-state index in [9.17, 15) is 4.79 Å². The minimum Gasteiger partial charge on any atom is -0.493 e. The van der Waals surface area contributed by atoms with Crippen LogP contribution in [0.15, 0.2) is 66.7 Å². The normalized spacial score (nSPS) is 14.6. The second-order valence-corrected chi connectivity index (χ2v) is 7.54. The number of carbonyl (C=O) groups is 1. The van der Waals surface area contributed by atoms with Crippen LogP contribution in [0.4, 0.5) is 0 Å². The fourth-order valence-corrected chi connectivity index (χ4v) is 3.97. The summed E-state index contributed by atoms with van der Waals surface area (Å²) < 4.78 is 11.0. The SMILES string of the molecule is COc1ccccc1OCCC(=O)N1CCN(Cc2cccc3ccccc23)CC1. The number of para-hydroxylation sites is 2. The first-order valence-corrected chi connectivity index (χ1v) is 10.5. The maximum absolute atomic E-state index is 12.6. The van der Waals surface area contributed by atoms with Gasteiger partial charge in [-0.2, -0.15) is 0 Å². The van der Waals surface area contributed by atoms with Gasteiger partial charge in [0.1, 0.15) is 0 Å². The highest BCUT2D eigenvalue weighted by molar-refractivity contribution is 5.85. The van der Waals surface area contributed by atoms with Crippen molar-refractivity contribution < 1.29 is 14.3 Å². The first kappa shape index (κ1) is 20.2. The highest BCUT2D eigenvalue weighted by Gasteiger charge is 2.21. The summed E-state index contributed by atoms with van der Waals surface area (Å²) in [4.78, 5) is 17.0. The van der Waals surface area contributed by atoms with Crippen molar-refractivity contribution >= 4 is 16.7 Å². The van der Waals surface area contributed by atoms with Crippen molar-refractivity contribution in [2.24, 2.45) is 0 Å². The Morgan fingerprint density at radius 1 is 0.867 bits per heavy atom. The molecule has 30 heavy (non-hydrogen) atoms. The molecule has 3 aromatic carbocycles. The van der Waals surface area contributed by atoms with Gasteiger partial charge in [0.05, 0.1) is 20.1 Å². The summed E-state index contributed by atoms with van der Waals surface area (Å²) in [5.41, 5.74) is 1.35. The number of hydrogen-bond donors (Lipinski definition) is 0. The zero-order valence-electron chi connectivity index (χ0n) is 17.4. The fraction of sp³-hybridized carbons (Fsp3) is 0.320. The predicted molar refractivity (Wildman–Crippen MR) is 119 cm³/mol. The summed E-state index contributed by atoms with van der Waals surface area (Å²) in [5, 5.41) is 2.59. The molecule has 0 aliphatic carbocycles. The third kappa shape index (κ3) is 4.74. The smallest absolute Gasteiger partial charge is 0.226 e.